The second-order valence-corrected chi connectivity index (χ2v) is 10.4. The first kappa shape index (κ1) is 29.7. The van der Waals surface area contributed by atoms with Crippen molar-refractivity contribution in [2.45, 2.75) is 52.3 Å². The molecule has 0 aliphatic heterocycles. The fourth-order valence-corrected chi connectivity index (χ4v) is 4.73. The molecule has 0 saturated heterocycles. The van der Waals surface area contributed by atoms with Crippen molar-refractivity contribution < 1.29 is 19.4 Å². The van der Waals surface area contributed by atoms with E-state index in [4.69, 9.17) is 4.74 Å². The maximum atomic E-state index is 12.4. The summed E-state index contributed by atoms with van der Waals surface area (Å²) in [6.45, 7) is 7.00. The zero-order chi connectivity index (χ0) is 29.4. The minimum Gasteiger partial charge on any atom is -0.465 e. The van der Waals surface area contributed by atoms with Gasteiger partial charge in [0.05, 0.1) is 25.2 Å². The molecule has 3 N–H and O–H groups in total. The molecule has 214 valence electrons. The van der Waals surface area contributed by atoms with Gasteiger partial charge in [-0.1, -0.05) is 42.5 Å². The summed E-state index contributed by atoms with van der Waals surface area (Å²) in [5.41, 5.74) is 6.48. The standard InChI is InChI=1S/C33H38N4O4/c1-22(34-21-30(38)29-15-16-31(35-20-29)37-23(2)5-6-24(37)3)17-25-7-9-26(10-8-25)18-32(39)36-19-27-11-13-28(14-12-27)33(40)41-4/h5-16,20,22,30,34,38H,17-19,21H2,1-4H3,(H,36,39)/t22?,30-/m0/s1. The summed E-state index contributed by atoms with van der Waals surface area (Å²) in [6, 6.07) is 23.1. The SMILES string of the molecule is COC(=O)c1ccc(CNC(=O)Cc2ccc(CC(C)NC[C@H](O)c3ccc(-n4c(C)ccc4C)nc3)cc2)cc1. The first-order valence-corrected chi connectivity index (χ1v) is 13.8. The highest BCUT2D eigenvalue weighted by Crippen LogP contribution is 2.17. The Hall–Kier alpha value is -4.27. The number of carbonyl (C=O) groups is 2. The number of aryl methyl sites for hydroxylation is 2. The van der Waals surface area contributed by atoms with E-state index in [1.165, 1.54) is 7.11 Å². The average molecular weight is 555 g/mol. The lowest BCUT2D eigenvalue weighted by atomic mass is 10.0. The van der Waals surface area contributed by atoms with E-state index in [2.05, 4.69) is 39.2 Å². The fraction of sp³-hybridized carbons (Fsp3) is 0.303. The van der Waals surface area contributed by atoms with E-state index >= 15 is 0 Å². The Morgan fingerprint density at radius 2 is 1.54 bits per heavy atom. The number of carbonyl (C=O) groups excluding carboxylic acids is 2. The smallest absolute Gasteiger partial charge is 0.337 e. The van der Waals surface area contributed by atoms with Crippen LogP contribution in [0.5, 0.6) is 0 Å². The van der Waals surface area contributed by atoms with Gasteiger partial charge in [0, 0.05) is 42.3 Å². The summed E-state index contributed by atoms with van der Waals surface area (Å²) >= 11 is 0. The Morgan fingerprint density at radius 3 is 2.15 bits per heavy atom. The van der Waals surface area contributed by atoms with Crippen LogP contribution in [0.2, 0.25) is 0 Å². The van der Waals surface area contributed by atoms with E-state index in [-0.39, 0.29) is 24.3 Å². The minimum absolute atomic E-state index is 0.0695. The predicted molar refractivity (Wildman–Crippen MR) is 159 cm³/mol. The number of hydrogen-bond acceptors (Lipinski definition) is 6. The van der Waals surface area contributed by atoms with Gasteiger partial charge in [0.15, 0.2) is 0 Å². The molecule has 0 bridgehead atoms. The Morgan fingerprint density at radius 1 is 0.902 bits per heavy atom. The molecular formula is C33H38N4O4. The molecule has 2 aromatic heterocycles. The van der Waals surface area contributed by atoms with Gasteiger partial charge in [-0.15, -0.1) is 0 Å². The van der Waals surface area contributed by atoms with Crippen LogP contribution in [-0.2, 0) is 28.9 Å². The number of aromatic nitrogens is 2. The predicted octanol–water partition coefficient (Wildman–Crippen LogP) is 4.39. The van der Waals surface area contributed by atoms with E-state index in [9.17, 15) is 14.7 Å². The van der Waals surface area contributed by atoms with Crippen LogP contribution < -0.4 is 10.6 Å². The van der Waals surface area contributed by atoms with Crippen LogP contribution in [0.3, 0.4) is 0 Å². The molecule has 0 spiro atoms. The first-order chi connectivity index (χ1) is 19.7. The van der Waals surface area contributed by atoms with Gasteiger partial charge >= 0.3 is 5.97 Å². The maximum absolute atomic E-state index is 12.4. The molecule has 0 saturated carbocycles. The highest BCUT2D eigenvalue weighted by molar-refractivity contribution is 5.89. The number of rotatable bonds is 12. The number of hydrogen-bond donors (Lipinski definition) is 3. The number of methoxy groups -OCH3 is 1. The van der Waals surface area contributed by atoms with Gasteiger partial charge in [-0.2, -0.15) is 0 Å². The van der Waals surface area contributed by atoms with Gasteiger partial charge in [0.2, 0.25) is 5.91 Å². The van der Waals surface area contributed by atoms with Crippen LogP contribution in [0.1, 0.15) is 57.0 Å². The van der Waals surface area contributed by atoms with Crippen molar-refractivity contribution in [3.63, 3.8) is 0 Å². The van der Waals surface area contributed by atoms with E-state index in [0.29, 0.717) is 18.7 Å². The number of aliphatic hydroxyl groups is 1. The van der Waals surface area contributed by atoms with E-state index in [0.717, 1.165) is 45.9 Å². The number of pyridine rings is 1. The van der Waals surface area contributed by atoms with Crippen LogP contribution in [0.4, 0.5) is 0 Å². The summed E-state index contributed by atoms with van der Waals surface area (Å²) in [5.74, 6) is 0.388. The van der Waals surface area contributed by atoms with Gasteiger partial charge in [-0.25, -0.2) is 9.78 Å². The second kappa shape index (κ2) is 13.9. The third-order valence-electron chi connectivity index (χ3n) is 7.11. The van der Waals surface area contributed by atoms with Crippen LogP contribution in [-0.4, -0.2) is 46.2 Å². The van der Waals surface area contributed by atoms with Crippen molar-refractivity contribution in [2.24, 2.45) is 0 Å². The molecule has 1 unspecified atom stereocenters. The lowest BCUT2D eigenvalue weighted by molar-refractivity contribution is -0.120. The molecule has 2 aromatic carbocycles. The normalized spacial score (nSPS) is 12.5. The maximum Gasteiger partial charge on any atom is 0.337 e. The second-order valence-electron chi connectivity index (χ2n) is 10.4. The molecule has 1 amide bonds. The van der Waals surface area contributed by atoms with Gasteiger partial charge in [-0.3, -0.25) is 4.79 Å². The number of ether oxygens (including phenoxy) is 1. The third-order valence-corrected chi connectivity index (χ3v) is 7.11. The molecule has 2 heterocycles. The number of nitrogens with one attached hydrogen (secondary N) is 2. The summed E-state index contributed by atoms with van der Waals surface area (Å²) < 4.78 is 6.79. The van der Waals surface area contributed by atoms with Crippen molar-refractivity contribution in [2.75, 3.05) is 13.7 Å². The molecule has 8 nitrogen and oxygen atoms in total. The molecule has 41 heavy (non-hydrogen) atoms. The molecule has 8 heteroatoms. The van der Waals surface area contributed by atoms with Gasteiger partial charge < -0.3 is 25.0 Å². The number of benzene rings is 2. The fourth-order valence-electron chi connectivity index (χ4n) is 4.73. The van der Waals surface area contributed by atoms with Gasteiger partial charge in [0.25, 0.3) is 0 Å². The molecule has 4 aromatic rings. The number of amides is 1. The largest absolute Gasteiger partial charge is 0.465 e. The average Bonchev–Trinajstić information content (AvgIpc) is 3.33. The molecule has 0 aliphatic rings. The van der Waals surface area contributed by atoms with Crippen LogP contribution in [0.15, 0.2) is 79.0 Å². The molecule has 0 radical (unpaired) electrons. The highest BCUT2D eigenvalue weighted by atomic mass is 16.5. The van der Waals surface area contributed by atoms with E-state index < -0.39 is 6.10 Å². The Bertz CT molecular complexity index is 1420. The lowest BCUT2D eigenvalue weighted by Gasteiger charge is -2.18. The Labute approximate surface area is 241 Å². The lowest BCUT2D eigenvalue weighted by Crippen LogP contribution is -2.32. The monoisotopic (exact) mass is 554 g/mol. The van der Waals surface area contributed by atoms with Gasteiger partial charge in [0.1, 0.15) is 5.82 Å². The Balaban J connectivity index is 1.19. The van der Waals surface area contributed by atoms with Crippen LogP contribution in [0, 0.1) is 13.8 Å². The van der Waals surface area contributed by atoms with Crippen molar-refractivity contribution >= 4 is 11.9 Å². The van der Waals surface area contributed by atoms with Gasteiger partial charge in [-0.05, 0) is 74.2 Å². The van der Waals surface area contributed by atoms with Crippen molar-refractivity contribution in [3.8, 4) is 5.82 Å². The summed E-state index contributed by atoms with van der Waals surface area (Å²) in [4.78, 5) is 28.5. The quantitative estimate of drug-likeness (QED) is 0.224. The van der Waals surface area contributed by atoms with Crippen molar-refractivity contribution in [3.05, 3.63) is 118 Å². The molecule has 0 aliphatic carbocycles. The molecule has 2 atom stereocenters. The number of nitrogens with zero attached hydrogens (tertiary/aromatic N) is 2. The minimum atomic E-state index is -0.655. The zero-order valence-corrected chi connectivity index (χ0v) is 24.1. The molecular weight excluding hydrogens is 516 g/mol. The number of esters is 1. The van der Waals surface area contributed by atoms with Crippen LogP contribution in [0.25, 0.3) is 5.82 Å². The summed E-state index contributed by atoms with van der Waals surface area (Å²) in [5, 5.41) is 17.0. The highest BCUT2D eigenvalue weighted by Gasteiger charge is 2.13. The number of aliphatic hydroxyl groups excluding tert-OH is 1. The third kappa shape index (κ3) is 8.13. The zero-order valence-electron chi connectivity index (χ0n) is 24.1. The van der Waals surface area contributed by atoms with Crippen LogP contribution >= 0.6 is 0 Å². The van der Waals surface area contributed by atoms with Crippen molar-refractivity contribution in [1.29, 1.82) is 0 Å². The summed E-state index contributed by atoms with van der Waals surface area (Å²) in [7, 11) is 1.35. The molecule has 4 rings (SSSR count). The molecule has 0 fully saturated rings. The van der Waals surface area contributed by atoms with E-state index in [1.54, 1.807) is 30.5 Å². The Kier molecular flexibility index (Phi) is 10.1. The summed E-state index contributed by atoms with van der Waals surface area (Å²) in [6.07, 6.45) is 2.17. The first-order valence-electron chi connectivity index (χ1n) is 13.8. The van der Waals surface area contributed by atoms with E-state index in [1.807, 2.05) is 50.2 Å². The van der Waals surface area contributed by atoms with Crippen molar-refractivity contribution in [1.82, 2.24) is 20.2 Å². The topological polar surface area (TPSA) is 105 Å².